The first-order chi connectivity index (χ1) is 13.6. The quantitative estimate of drug-likeness (QED) is 0.838. The normalized spacial score (nSPS) is 19.1. The summed E-state index contributed by atoms with van der Waals surface area (Å²) in [5, 5.41) is 2.99. The van der Waals surface area contributed by atoms with Crippen LogP contribution in [0.15, 0.2) is 48.5 Å². The van der Waals surface area contributed by atoms with E-state index < -0.39 is 0 Å². The fourth-order valence-corrected chi connectivity index (χ4v) is 4.16. The molecule has 6 nitrogen and oxygen atoms in total. The molecule has 4 rings (SSSR count). The van der Waals surface area contributed by atoms with Crippen LogP contribution in [-0.4, -0.2) is 37.5 Å². The molecule has 2 heterocycles. The highest BCUT2D eigenvalue weighted by molar-refractivity contribution is 5.94. The van der Waals surface area contributed by atoms with Crippen LogP contribution < -0.4 is 20.9 Å². The van der Waals surface area contributed by atoms with Crippen molar-refractivity contribution in [1.29, 1.82) is 0 Å². The fourth-order valence-electron chi connectivity index (χ4n) is 4.16. The number of amides is 2. The topological polar surface area (TPSA) is 78.7 Å². The molecule has 0 aromatic heterocycles. The van der Waals surface area contributed by atoms with Crippen molar-refractivity contribution in [2.75, 3.05) is 34.8 Å². The molecule has 0 spiro atoms. The minimum atomic E-state index is -0.269. The molecular formula is C22H26N4O2. The molecule has 28 heavy (non-hydrogen) atoms. The number of anilines is 3. The lowest BCUT2D eigenvalue weighted by molar-refractivity contribution is -0.118. The number of para-hydroxylation sites is 1. The number of aryl methyl sites for hydroxylation is 1. The minimum absolute atomic E-state index is 0.0730. The summed E-state index contributed by atoms with van der Waals surface area (Å²) >= 11 is 0. The SMILES string of the molecule is NC(=O)CCC1CN(c2ccccc2)CCN1c1ccc2c(c1)NC(=O)CC2. The summed E-state index contributed by atoms with van der Waals surface area (Å²) < 4.78 is 0. The number of hydrogen-bond donors (Lipinski definition) is 2. The number of piperazine rings is 1. The van der Waals surface area contributed by atoms with Crippen LogP contribution >= 0.6 is 0 Å². The van der Waals surface area contributed by atoms with Gasteiger partial charge in [0, 0.05) is 55.6 Å². The fraction of sp³-hybridized carbons (Fsp3) is 0.364. The zero-order chi connectivity index (χ0) is 19.5. The average Bonchev–Trinajstić information content (AvgIpc) is 2.72. The van der Waals surface area contributed by atoms with Gasteiger partial charge in [0.05, 0.1) is 0 Å². The largest absolute Gasteiger partial charge is 0.370 e. The predicted molar refractivity (Wildman–Crippen MR) is 112 cm³/mol. The molecule has 0 bridgehead atoms. The highest BCUT2D eigenvalue weighted by Gasteiger charge is 2.28. The molecule has 1 fully saturated rings. The Balaban J connectivity index is 1.57. The molecule has 6 heteroatoms. The van der Waals surface area contributed by atoms with Gasteiger partial charge < -0.3 is 20.9 Å². The van der Waals surface area contributed by atoms with Crippen LogP contribution in [0.25, 0.3) is 0 Å². The molecule has 2 amide bonds. The van der Waals surface area contributed by atoms with Crippen LogP contribution in [0.2, 0.25) is 0 Å². The van der Waals surface area contributed by atoms with Crippen molar-refractivity contribution in [3.05, 3.63) is 54.1 Å². The third-order valence-corrected chi connectivity index (χ3v) is 5.65. The molecule has 2 aromatic rings. The molecular weight excluding hydrogens is 352 g/mol. The van der Waals surface area contributed by atoms with E-state index >= 15 is 0 Å². The minimum Gasteiger partial charge on any atom is -0.370 e. The number of nitrogens with zero attached hydrogens (tertiary/aromatic N) is 2. The van der Waals surface area contributed by atoms with Crippen molar-refractivity contribution in [3.63, 3.8) is 0 Å². The maximum Gasteiger partial charge on any atom is 0.224 e. The maximum absolute atomic E-state index is 11.8. The van der Waals surface area contributed by atoms with Gasteiger partial charge in [0.1, 0.15) is 0 Å². The maximum atomic E-state index is 11.8. The lowest BCUT2D eigenvalue weighted by atomic mass is 10.00. The summed E-state index contributed by atoms with van der Waals surface area (Å²) in [6.07, 6.45) is 2.41. The van der Waals surface area contributed by atoms with E-state index in [0.29, 0.717) is 19.3 Å². The van der Waals surface area contributed by atoms with Crippen molar-refractivity contribution < 1.29 is 9.59 Å². The summed E-state index contributed by atoms with van der Waals surface area (Å²) in [4.78, 5) is 27.9. The van der Waals surface area contributed by atoms with E-state index in [4.69, 9.17) is 5.73 Å². The van der Waals surface area contributed by atoms with Crippen molar-refractivity contribution in [2.45, 2.75) is 31.7 Å². The molecule has 2 aromatic carbocycles. The first-order valence-corrected chi connectivity index (χ1v) is 9.88. The monoisotopic (exact) mass is 378 g/mol. The number of carbonyl (C=O) groups excluding carboxylic acids is 2. The Morgan fingerprint density at radius 2 is 1.89 bits per heavy atom. The van der Waals surface area contributed by atoms with Gasteiger partial charge in [-0.25, -0.2) is 0 Å². The Bertz CT molecular complexity index is 868. The highest BCUT2D eigenvalue weighted by Crippen LogP contribution is 2.31. The number of carbonyl (C=O) groups is 2. The Labute approximate surface area is 165 Å². The van der Waals surface area contributed by atoms with Crippen LogP contribution in [0.3, 0.4) is 0 Å². The number of primary amides is 1. The second-order valence-corrected chi connectivity index (χ2v) is 7.52. The van der Waals surface area contributed by atoms with Crippen molar-refractivity contribution >= 4 is 28.9 Å². The zero-order valence-electron chi connectivity index (χ0n) is 15.9. The van der Waals surface area contributed by atoms with E-state index in [1.54, 1.807) is 0 Å². The van der Waals surface area contributed by atoms with Crippen LogP contribution in [0, 0.1) is 0 Å². The molecule has 146 valence electrons. The van der Waals surface area contributed by atoms with Gasteiger partial charge in [0.2, 0.25) is 11.8 Å². The molecule has 3 N–H and O–H groups in total. The summed E-state index contributed by atoms with van der Waals surface area (Å²) in [6, 6.07) is 16.8. The molecule has 0 radical (unpaired) electrons. The van der Waals surface area contributed by atoms with Crippen LogP contribution in [0.4, 0.5) is 17.1 Å². The number of nitrogens with two attached hydrogens (primary N) is 1. The zero-order valence-corrected chi connectivity index (χ0v) is 15.9. The van der Waals surface area contributed by atoms with Crippen molar-refractivity contribution in [3.8, 4) is 0 Å². The third kappa shape index (κ3) is 3.96. The Kier molecular flexibility index (Phi) is 5.19. The second-order valence-electron chi connectivity index (χ2n) is 7.52. The van der Waals surface area contributed by atoms with Crippen LogP contribution in [0.5, 0.6) is 0 Å². The summed E-state index contributed by atoms with van der Waals surface area (Å²) in [7, 11) is 0. The Morgan fingerprint density at radius 1 is 1.07 bits per heavy atom. The lowest BCUT2D eigenvalue weighted by Gasteiger charge is -2.44. The van der Waals surface area contributed by atoms with E-state index in [-0.39, 0.29) is 17.9 Å². The number of nitrogens with one attached hydrogen (secondary N) is 1. The number of hydrogen-bond acceptors (Lipinski definition) is 4. The van der Waals surface area contributed by atoms with E-state index in [2.05, 4.69) is 45.4 Å². The predicted octanol–water partition coefficient (Wildman–Crippen LogP) is 2.53. The Hall–Kier alpha value is -3.02. The molecule has 2 aliphatic rings. The molecule has 0 saturated carbocycles. The lowest BCUT2D eigenvalue weighted by Crippen LogP contribution is -2.53. The summed E-state index contributed by atoms with van der Waals surface area (Å²) in [5.74, 6) is -0.196. The molecule has 1 saturated heterocycles. The van der Waals surface area contributed by atoms with E-state index in [9.17, 15) is 9.59 Å². The van der Waals surface area contributed by atoms with Crippen LogP contribution in [0.1, 0.15) is 24.8 Å². The van der Waals surface area contributed by atoms with Gasteiger partial charge in [-0.1, -0.05) is 24.3 Å². The number of benzene rings is 2. The first kappa shape index (κ1) is 18.3. The first-order valence-electron chi connectivity index (χ1n) is 9.88. The molecule has 0 aliphatic carbocycles. The summed E-state index contributed by atoms with van der Waals surface area (Å²) in [6.45, 7) is 2.59. The standard InChI is InChI=1S/C22H26N4O2/c23-21(27)10-9-19-15-25(17-4-2-1-3-5-17)12-13-26(19)18-8-6-16-7-11-22(28)24-20(16)14-18/h1-6,8,14,19H,7,9-13,15H2,(H2,23,27)(H,24,28). The van der Waals surface area contributed by atoms with Crippen LogP contribution in [-0.2, 0) is 16.0 Å². The van der Waals surface area contributed by atoms with Gasteiger partial charge >= 0.3 is 0 Å². The Morgan fingerprint density at radius 3 is 2.68 bits per heavy atom. The van der Waals surface area contributed by atoms with Gasteiger partial charge in [-0.3, -0.25) is 9.59 Å². The second kappa shape index (κ2) is 7.92. The smallest absolute Gasteiger partial charge is 0.224 e. The van der Waals surface area contributed by atoms with E-state index in [0.717, 1.165) is 37.4 Å². The highest BCUT2D eigenvalue weighted by atomic mass is 16.2. The average molecular weight is 378 g/mol. The molecule has 2 aliphatic heterocycles. The van der Waals surface area contributed by atoms with E-state index in [1.165, 1.54) is 11.3 Å². The summed E-state index contributed by atoms with van der Waals surface area (Å²) in [5.41, 5.74) is 9.80. The van der Waals surface area contributed by atoms with Gasteiger partial charge in [-0.2, -0.15) is 0 Å². The number of rotatable bonds is 5. The van der Waals surface area contributed by atoms with Gasteiger partial charge in [-0.05, 0) is 42.7 Å². The molecule has 1 atom stereocenters. The van der Waals surface area contributed by atoms with E-state index in [1.807, 2.05) is 18.2 Å². The van der Waals surface area contributed by atoms with Crippen molar-refractivity contribution in [1.82, 2.24) is 0 Å². The van der Waals surface area contributed by atoms with Gasteiger partial charge in [-0.15, -0.1) is 0 Å². The van der Waals surface area contributed by atoms with Crippen molar-refractivity contribution in [2.24, 2.45) is 5.73 Å². The third-order valence-electron chi connectivity index (χ3n) is 5.65. The van der Waals surface area contributed by atoms with Gasteiger partial charge in [0.25, 0.3) is 0 Å². The number of fused-ring (bicyclic) bond motifs is 1. The molecule has 1 unspecified atom stereocenters. The van der Waals surface area contributed by atoms with Gasteiger partial charge in [0.15, 0.2) is 0 Å².